The van der Waals surface area contributed by atoms with Crippen LogP contribution in [-0.4, -0.2) is 38.5 Å². The van der Waals surface area contributed by atoms with Crippen molar-refractivity contribution in [2.45, 2.75) is 20.3 Å². The molecule has 0 aliphatic carbocycles. The van der Waals surface area contributed by atoms with Crippen LogP contribution in [0.2, 0.25) is 0 Å². The van der Waals surface area contributed by atoms with Gasteiger partial charge >= 0.3 is 0 Å². The first kappa shape index (κ1) is 15.7. The molecule has 106 valence electrons. The molecule has 0 unspecified atom stereocenters. The molecule has 5 nitrogen and oxygen atoms in total. The van der Waals surface area contributed by atoms with Gasteiger partial charge in [-0.3, -0.25) is 4.79 Å². The van der Waals surface area contributed by atoms with Gasteiger partial charge in [0.15, 0.2) is 0 Å². The predicted molar refractivity (Wildman–Crippen MR) is 76.6 cm³/mol. The van der Waals surface area contributed by atoms with Crippen LogP contribution in [0.5, 0.6) is 0 Å². The van der Waals surface area contributed by atoms with E-state index < -0.39 is 10.0 Å². The molecular formula is C13H20N2O3S. The van der Waals surface area contributed by atoms with E-state index in [1.807, 2.05) is 32.0 Å². The van der Waals surface area contributed by atoms with Gasteiger partial charge in [0.25, 0.3) is 0 Å². The standard InChI is InChI=1S/C13H20N2O3S/c1-10-5-6-11(2)12(9-10)14-13(16)7-8-19(17,18)15(3)4/h5-6,9H,7-8H2,1-4H3,(H,14,16). The summed E-state index contributed by atoms with van der Waals surface area (Å²) in [6.45, 7) is 3.83. The molecule has 1 rings (SSSR count). The fraction of sp³-hybridized carbons (Fsp3) is 0.462. The normalized spacial score (nSPS) is 11.6. The van der Waals surface area contributed by atoms with E-state index >= 15 is 0 Å². The van der Waals surface area contributed by atoms with Crippen molar-refractivity contribution in [3.05, 3.63) is 29.3 Å². The Morgan fingerprint density at radius 2 is 1.89 bits per heavy atom. The Kier molecular flexibility index (Phi) is 5.08. The second-order valence-electron chi connectivity index (χ2n) is 4.71. The number of benzene rings is 1. The van der Waals surface area contributed by atoms with Crippen LogP contribution in [-0.2, 0) is 14.8 Å². The quantitative estimate of drug-likeness (QED) is 0.891. The minimum Gasteiger partial charge on any atom is -0.326 e. The lowest BCUT2D eigenvalue weighted by Crippen LogP contribution is -2.27. The zero-order chi connectivity index (χ0) is 14.6. The summed E-state index contributed by atoms with van der Waals surface area (Å²) in [5.41, 5.74) is 2.73. The highest BCUT2D eigenvalue weighted by molar-refractivity contribution is 7.89. The van der Waals surface area contributed by atoms with Gasteiger partial charge < -0.3 is 5.32 Å². The minimum absolute atomic E-state index is 0.0477. The Bertz CT molecular complexity index is 565. The molecule has 0 aromatic heterocycles. The number of rotatable bonds is 5. The fourth-order valence-electron chi connectivity index (χ4n) is 1.49. The first-order chi connectivity index (χ1) is 8.72. The van der Waals surface area contributed by atoms with Crippen molar-refractivity contribution in [2.75, 3.05) is 25.2 Å². The third kappa shape index (κ3) is 4.65. The van der Waals surface area contributed by atoms with Crippen LogP contribution >= 0.6 is 0 Å². The zero-order valence-corrected chi connectivity index (χ0v) is 12.5. The molecule has 1 aromatic rings. The van der Waals surface area contributed by atoms with Gasteiger partial charge in [-0.05, 0) is 31.0 Å². The van der Waals surface area contributed by atoms with Gasteiger partial charge in [-0.15, -0.1) is 0 Å². The predicted octanol–water partition coefficient (Wildman–Crippen LogP) is 1.52. The molecule has 0 fully saturated rings. The van der Waals surface area contributed by atoms with Crippen molar-refractivity contribution in [1.29, 1.82) is 0 Å². The maximum absolute atomic E-state index is 11.8. The first-order valence-electron chi connectivity index (χ1n) is 5.99. The van der Waals surface area contributed by atoms with Crippen LogP contribution in [0.3, 0.4) is 0 Å². The number of carbonyl (C=O) groups is 1. The summed E-state index contributed by atoms with van der Waals surface area (Å²) in [7, 11) is -0.419. The Balaban J connectivity index is 2.64. The van der Waals surface area contributed by atoms with E-state index in [1.165, 1.54) is 14.1 Å². The van der Waals surface area contributed by atoms with E-state index in [0.717, 1.165) is 21.1 Å². The lowest BCUT2D eigenvalue weighted by atomic mass is 10.1. The van der Waals surface area contributed by atoms with Gasteiger partial charge in [-0.25, -0.2) is 12.7 Å². The Morgan fingerprint density at radius 3 is 2.47 bits per heavy atom. The molecule has 0 saturated carbocycles. The van der Waals surface area contributed by atoms with Crippen LogP contribution in [0.25, 0.3) is 0 Å². The molecule has 0 aliphatic rings. The van der Waals surface area contributed by atoms with Gasteiger partial charge in [-0.1, -0.05) is 12.1 Å². The van der Waals surface area contributed by atoms with E-state index in [4.69, 9.17) is 0 Å². The lowest BCUT2D eigenvalue weighted by Gasteiger charge is -2.12. The lowest BCUT2D eigenvalue weighted by molar-refractivity contribution is -0.115. The number of carbonyl (C=O) groups excluding carboxylic acids is 1. The third-order valence-electron chi connectivity index (χ3n) is 2.81. The number of amides is 1. The van der Waals surface area contributed by atoms with E-state index in [1.54, 1.807) is 0 Å². The Hall–Kier alpha value is -1.40. The van der Waals surface area contributed by atoms with Crippen molar-refractivity contribution >= 4 is 21.6 Å². The summed E-state index contributed by atoms with van der Waals surface area (Å²) < 4.78 is 24.2. The average Bonchev–Trinajstić information content (AvgIpc) is 2.31. The molecule has 1 amide bonds. The molecule has 0 bridgehead atoms. The number of aryl methyl sites for hydroxylation is 2. The zero-order valence-electron chi connectivity index (χ0n) is 11.7. The average molecular weight is 284 g/mol. The molecule has 1 aromatic carbocycles. The minimum atomic E-state index is -3.33. The number of nitrogens with one attached hydrogen (secondary N) is 1. The first-order valence-corrected chi connectivity index (χ1v) is 7.60. The van der Waals surface area contributed by atoms with Gasteiger partial charge in [0.05, 0.1) is 5.75 Å². The molecule has 0 radical (unpaired) electrons. The topological polar surface area (TPSA) is 66.5 Å². The van der Waals surface area contributed by atoms with Crippen molar-refractivity contribution in [1.82, 2.24) is 4.31 Å². The number of nitrogens with zero attached hydrogens (tertiary/aromatic N) is 1. The van der Waals surface area contributed by atoms with Crippen LogP contribution < -0.4 is 5.32 Å². The number of hydrogen-bond donors (Lipinski definition) is 1. The highest BCUT2D eigenvalue weighted by Crippen LogP contribution is 2.16. The van der Waals surface area contributed by atoms with Crippen molar-refractivity contribution < 1.29 is 13.2 Å². The van der Waals surface area contributed by atoms with Gasteiger partial charge in [0.1, 0.15) is 0 Å². The summed E-state index contributed by atoms with van der Waals surface area (Å²) >= 11 is 0. The summed E-state index contributed by atoms with van der Waals surface area (Å²) in [5.74, 6) is -0.476. The number of anilines is 1. The largest absolute Gasteiger partial charge is 0.326 e. The van der Waals surface area contributed by atoms with Gasteiger partial charge in [0, 0.05) is 26.2 Å². The third-order valence-corrected chi connectivity index (χ3v) is 4.64. The summed E-state index contributed by atoms with van der Waals surface area (Å²) in [5, 5.41) is 2.74. The van der Waals surface area contributed by atoms with E-state index in [2.05, 4.69) is 5.32 Å². The Labute approximate surface area is 114 Å². The summed E-state index contributed by atoms with van der Waals surface area (Å²) in [6, 6.07) is 5.75. The van der Waals surface area contributed by atoms with Crippen LogP contribution in [0.1, 0.15) is 17.5 Å². The summed E-state index contributed by atoms with van der Waals surface area (Å²) in [4.78, 5) is 11.8. The van der Waals surface area contributed by atoms with E-state index in [9.17, 15) is 13.2 Å². The maximum Gasteiger partial charge on any atom is 0.225 e. The molecular weight excluding hydrogens is 264 g/mol. The van der Waals surface area contributed by atoms with Crippen molar-refractivity contribution in [3.63, 3.8) is 0 Å². The van der Waals surface area contributed by atoms with E-state index in [0.29, 0.717) is 0 Å². The molecule has 0 heterocycles. The van der Waals surface area contributed by atoms with Gasteiger partial charge in [0.2, 0.25) is 15.9 Å². The molecule has 0 atom stereocenters. The van der Waals surface area contributed by atoms with Crippen LogP contribution in [0.15, 0.2) is 18.2 Å². The molecule has 6 heteroatoms. The van der Waals surface area contributed by atoms with Crippen LogP contribution in [0, 0.1) is 13.8 Å². The highest BCUT2D eigenvalue weighted by Gasteiger charge is 2.16. The van der Waals surface area contributed by atoms with Crippen molar-refractivity contribution in [3.8, 4) is 0 Å². The molecule has 0 saturated heterocycles. The smallest absolute Gasteiger partial charge is 0.225 e. The Morgan fingerprint density at radius 1 is 1.26 bits per heavy atom. The SMILES string of the molecule is Cc1ccc(C)c(NC(=O)CCS(=O)(=O)N(C)C)c1. The molecule has 0 aliphatic heterocycles. The van der Waals surface area contributed by atoms with Gasteiger partial charge in [-0.2, -0.15) is 0 Å². The van der Waals surface area contributed by atoms with E-state index in [-0.39, 0.29) is 18.1 Å². The van der Waals surface area contributed by atoms with Crippen LogP contribution in [0.4, 0.5) is 5.69 Å². The molecule has 1 N–H and O–H groups in total. The second kappa shape index (κ2) is 6.16. The molecule has 19 heavy (non-hydrogen) atoms. The highest BCUT2D eigenvalue weighted by atomic mass is 32.2. The summed E-state index contributed by atoms with van der Waals surface area (Å²) in [6.07, 6.45) is -0.0477. The number of hydrogen-bond acceptors (Lipinski definition) is 3. The maximum atomic E-state index is 11.8. The number of sulfonamides is 1. The van der Waals surface area contributed by atoms with Crippen molar-refractivity contribution in [2.24, 2.45) is 0 Å². The second-order valence-corrected chi connectivity index (χ2v) is 7.02. The fourth-order valence-corrected chi connectivity index (χ4v) is 2.30. The monoisotopic (exact) mass is 284 g/mol. The molecule has 0 spiro atoms.